The highest BCUT2D eigenvalue weighted by molar-refractivity contribution is 5.85. The first-order valence-corrected chi connectivity index (χ1v) is 5.48. The van der Waals surface area contributed by atoms with Crippen molar-refractivity contribution in [2.24, 2.45) is 5.11 Å². The molecule has 0 heterocycles. The molecule has 0 aliphatic heterocycles. The minimum atomic E-state index is -1.91. The van der Waals surface area contributed by atoms with E-state index in [1.807, 2.05) is 6.92 Å². The number of carbonyl (C=O) groups is 1. The first kappa shape index (κ1) is 15.8. The van der Waals surface area contributed by atoms with E-state index in [0.29, 0.717) is 6.42 Å². The van der Waals surface area contributed by atoms with Crippen LogP contribution in [-0.2, 0) is 9.53 Å². The second kappa shape index (κ2) is 6.54. The van der Waals surface area contributed by atoms with Crippen molar-refractivity contribution in [3.05, 3.63) is 10.4 Å². The quantitative estimate of drug-likeness (QED) is 0.252. The maximum absolute atomic E-state index is 11.9. The summed E-state index contributed by atoms with van der Waals surface area (Å²) >= 11 is 0. The Hall–Kier alpha value is -2.17. The van der Waals surface area contributed by atoms with E-state index in [1.165, 1.54) is 0 Å². The van der Waals surface area contributed by atoms with Gasteiger partial charge in [-0.15, -0.1) is 11.8 Å². The van der Waals surface area contributed by atoms with Gasteiger partial charge in [-0.1, -0.05) is 12.0 Å². The molecule has 96 valence electrons. The zero-order valence-electron chi connectivity index (χ0n) is 11.0. The first-order valence-electron chi connectivity index (χ1n) is 5.48. The fourth-order valence-corrected chi connectivity index (χ4v) is 1.01. The van der Waals surface area contributed by atoms with Crippen LogP contribution < -0.4 is 0 Å². The van der Waals surface area contributed by atoms with Crippen LogP contribution in [0.15, 0.2) is 5.11 Å². The lowest BCUT2D eigenvalue weighted by atomic mass is 9.98. The Morgan fingerprint density at radius 1 is 1.44 bits per heavy atom. The zero-order valence-corrected chi connectivity index (χ0v) is 11.0. The monoisotopic (exact) mass is 248 g/mol. The first-order chi connectivity index (χ1) is 8.31. The number of nitriles is 1. The Kier molecular flexibility index (Phi) is 5.75. The van der Waals surface area contributed by atoms with Gasteiger partial charge >= 0.3 is 5.97 Å². The normalized spacial score (nSPS) is 13.1. The van der Waals surface area contributed by atoms with Crippen molar-refractivity contribution in [1.82, 2.24) is 0 Å². The fraction of sp³-hybridized carbons (Fsp3) is 0.667. The lowest BCUT2D eigenvalue weighted by molar-refractivity contribution is -0.159. The molecule has 6 nitrogen and oxygen atoms in total. The van der Waals surface area contributed by atoms with Crippen LogP contribution in [0.2, 0.25) is 0 Å². The number of esters is 1. The van der Waals surface area contributed by atoms with Gasteiger partial charge in [0, 0.05) is 17.8 Å². The van der Waals surface area contributed by atoms with Gasteiger partial charge in [-0.2, -0.15) is 5.26 Å². The van der Waals surface area contributed by atoms with Gasteiger partial charge in [0.1, 0.15) is 5.60 Å². The van der Waals surface area contributed by atoms with Gasteiger partial charge in [0.25, 0.3) is 0 Å². The van der Waals surface area contributed by atoms with Crippen LogP contribution in [0.4, 0.5) is 0 Å². The standard InChI is InChI=1S/C12H16N4O2/c1-5-6-7-8-12(9-13,15-16-14)10(17)18-11(2,3)4/h5,8H2,1-4H3/t12-/m1/s1. The number of rotatable bonds is 3. The summed E-state index contributed by atoms with van der Waals surface area (Å²) in [6.07, 6.45) is 0.419. The SMILES string of the molecule is CCC#CC[C@](C#N)(N=[N+]=[N-])C(=O)OC(C)(C)C. The van der Waals surface area contributed by atoms with E-state index in [9.17, 15) is 4.79 Å². The van der Waals surface area contributed by atoms with Crippen LogP contribution in [0.1, 0.15) is 40.5 Å². The molecule has 0 amide bonds. The van der Waals surface area contributed by atoms with Crippen LogP contribution in [0.3, 0.4) is 0 Å². The maximum Gasteiger partial charge on any atom is 0.334 e. The molecule has 6 heteroatoms. The van der Waals surface area contributed by atoms with Gasteiger partial charge in [-0.05, 0) is 26.3 Å². The summed E-state index contributed by atoms with van der Waals surface area (Å²) in [5.74, 6) is 4.49. The number of ether oxygens (including phenoxy) is 1. The van der Waals surface area contributed by atoms with Crippen molar-refractivity contribution in [2.45, 2.75) is 51.7 Å². The molecule has 0 aliphatic carbocycles. The third-order valence-corrected chi connectivity index (χ3v) is 1.78. The summed E-state index contributed by atoms with van der Waals surface area (Å²) in [5, 5.41) is 12.4. The maximum atomic E-state index is 11.9. The van der Waals surface area contributed by atoms with Crippen LogP contribution in [0, 0.1) is 23.2 Å². The van der Waals surface area contributed by atoms with Gasteiger partial charge in [-0.3, -0.25) is 4.79 Å². The molecule has 0 N–H and O–H groups in total. The molecule has 0 bridgehead atoms. The zero-order chi connectivity index (χ0) is 14.2. The molecule has 0 saturated heterocycles. The smallest absolute Gasteiger partial charge is 0.334 e. The Morgan fingerprint density at radius 2 is 2.06 bits per heavy atom. The molecule has 1 atom stereocenters. The molecule has 0 unspecified atom stereocenters. The second-order valence-corrected chi connectivity index (χ2v) is 4.55. The molecule has 0 aromatic rings. The summed E-state index contributed by atoms with van der Waals surface area (Å²) in [5.41, 5.74) is 5.81. The lowest BCUT2D eigenvalue weighted by Crippen LogP contribution is -2.40. The van der Waals surface area contributed by atoms with Crippen LogP contribution in [-0.4, -0.2) is 17.1 Å². The highest BCUT2D eigenvalue weighted by atomic mass is 16.6. The Morgan fingerprint density at radius 3 is 2.44 bits per heavy atom. The second-order valence-electron chi connectivity index (χ2n) is 4.55. The number of hydrogen-bond acceptors (Lipinski definition) is 4. The molecule has 0 aromatic heterocycles. The predicted molar refractivity (Wildman–Crippen MR) is 66.0 cm³/mol. The van der Waals surface area contributed by atoms with Gasteiger partial charge < -0.3 is 4.74 Å². The number of azide groups is 1. The van der Waals surface area contributed by atoms with E-state index in [4.69, 9.17) is 15.5 Å². The summed E-state index contributed by atoms with van der Waals surface area (Å²) in [6, 6.07) is 1.70. The van der Waals surface area contributed by atoms with E-state index >= 15 is 0 Å². The van der Waals surface area contributed by atoms with Crippen LogP contribution >= 0.6 is 0 Å². The summed E-state index contributed by atoms with van der Waals surface area (Å²) in [4.78, 5) is 14.5. The van der Waals surface area contributed by atoms with Gasteiger partial charge in [0.15, 0.2) is 0 Å². The molecule has 0 fully saturated rings. The van der Waals surface area contributed by atoms with Crippen molar-refractivity contribution in [3.63, 3.8) is 0 Å². The van der Waals surface area contributed by atoms with Crippen molar-refractivity contribution >= 4 is 5.97 Å². The van der Waals surface area contributed by atoms with Crippen molar-refractivity contribution in [2.75, 3.05) is 0 Å². The molecule has 0 aromatic carbocycles. The lowest BCUT2D eigenvalue weighted by Gasteiger charge is -2.24. The Labute approximate surface area is 107 Å². The topological polar surface area (TPSA) is 98.9 Å². The number of nitrogens with zero attached hydrogens (tertiary/aromatic N) is 4. The van der Waals surface area contributed by atoms with Gasteiger partial charge in [0.2, 0.25) is 5.54 Å². The summed E-state index contributed by atoms with van der Waals surface area (Å²) < 4.78 is 5.08. The minimum Gasteiger partial charge on any atom is -0.459 e. The van der Waals surface area contributed by atoms with Gasteiger partial charge in [0.05, 0.1) is 6.07 Å². The third kappa shape index (κ3) is 4.78. The van der Waals surface area contributed by atoms with E-state index in [-0.39, 0.29) is 6.42 Å². The average Bonchev–Trinajstić information content (AvgIpc) is 2.25. The van der Waals surface area contributed by atoms with Crippen molar-refractivity contribution in [1.29, 1.82) is 5.26 Å². The van der Waals surface area contributed by atoms with E-state index in [0.717, 1.165) is 0 Å². The number of hydrogen-bond donors (Lipinski definition) is 0. The van der Waals surface area contributed by atoms with Crippen LogP contribution in [0.5, 0.6) is 0 Å². The summed E-state index contributed by atoms with van der Waals surface area (Å²) in [7, 11) is 0. The molecular weight excluding hydrogens is 232 g/mol. The molecular formula is C12H16N4O2. The van der Waals surface area contributed by atoms with Gasteiger partial charge in [-0.25, -0.2) is 0 Å². The van der Waals surface area contributed by atoms with Crippen molar-refractivity contribution in [3.8, 4) is 17.9 Å². The largest absolute Gasteiger partial charge is 0.459 e. The predicted octanol–water partition coefficient (Wildman–Crippen LogP) is 2.70. The van der Waals surface area contributed by atoms with E-state index in [2.05, 4.69) is 21.9 Å². The fourth-order valence-electron chi connectivity index (χ4n) is 1.01. The molecule has 0 radical (unpaired) electrons. The van der Waals surface area contributed by atoms with Crippen LogP contribution in [0.25, 0.3) is 10.4 Å². The molecule has 0 spiro atoms. The Bertz CT molecular complexity index is 455. The van der Waals surface area contributed by atoms with Crippen molar-refractivity contribution < 1.29 is 9.53 Å². The average molecular weight is 248 g/mol. The third-order valence-electron chi connectivity index (χ3n) is 1.78. The Balaban J connectivity index is 5.28. The molecule has 0 rings (SSSR count). The van der Waals surface area contributed by atoms with E-state index in [1.54, 1.807) is 26.8 Å². The highest BCUT2D eigenvalue weighted by Gasteiger charge is 2.41. The molecule has 0 saturated carbocycles. The van der Waals surface area contributed by atoms with E-state index < -0.39 is 17.1 Å². The number of carbonyl (C=O) groups excluding carboxylic acids is 1. The highest BCUT2D eigenvalue weighted by Crippen LogP contribution is 2.21. The summed E-state index contributed by atoms with van der Waals surface area (Å²) in [6.45, 7) is 6.84. The molecule has 18 heavy (non-hydrogen) atoms. The molecule has 0 aliphatic rings. The minimum absolute atomic E-state index is 0.170.